The van der Waals surface area contributed by atoms with Crippen molar-refractivity contribution in [2.24, 2.45) is 0 Å². The van der Waals surface area contributed by atoms with Gasteiger partial charge in [-0.1, -0.05) is 0 Å². The number of nitrogens with zero attached hydrogens (tertiary/aromatic N) is 1. The Morgan fingerprint density at radius 1 is 1.14 bits per heavy atom. The predicted octanol–water partition coefficient (Wildman–Crippen LogP) is -1.35. The maximum Gasteiger partial charge on any atom is 0.335 e. The van der Waals surface area contributed by atoms with E-state index in [1.54, 1.807) is 0 Å². The van der Waals surface area contributed by atoms with Crippen LogP contribution in [0.1, 0.15) is 0 Å². The molecule has 10 nitrogen and oxygen atoms in total. The molecule has 1 aliphatic rings. The van der Waals surface area contributed by atoms with Crippen LogP contribution in [-0.2, 0) is 9.53 Å². The number of hydrogen-bond donors (Lipinski definition) is 5. The fraction of sp³-hybridized carbons (Fsp3) is 0.417. The van der Waals surface area contributed by atoms with E-state index in [1.165, 1.54) is 24.3 Å². The third kappa shape index (κ3) is 3.27. The van der Waals surface area contributed by atoms with Crippen LogP contribution in [-0.4, -0.2) is 62.3 Å². The first-order valence-corrected chi connectivity index (χ1v) is 6.16. The average molecular weight is 316 g/mol. The molecule has 5 atom stereocenters. The van der Waals surface area contributed by atoms with Crippen molar-refractivity contribution in [3.8, 4) is 5.75 Å². The minimum absolute atomic E-state index is 0.0728. The second kappa shape index (κ2) is 6.44. The molecule has 0 aromatic heterocycles. The van der Waals surface area contributed by atoms with Crippen molar-refractivity contribution in [2.75, 3.05) is 5.23 Å². The van der Waals surface area contributed by atoms with Crippen LogP contribution >= 0.6 is 0 Å². The molecule has 1 saturated heterocycles. The number of ether oxygens (including phenoxy) is 2. The van der Waals surface area contributed by atoms with Crippen LogP contribution in [0, 0.1) is 5.21 Å². The number of anilines is 1. The van der Waals surface area contributed by atoms with E-state index in [0.717, 1.165) is 0 Å². The van der Waals surface area contributed by atoms with E-state index in [4.69, 9.17) is 19.8 Å². The number of benzene rings is 1. The zero-order valence-electron chi connectivity index (χ0n) is 11.0. The van der Waals surface area contributed by atoms with E-state index < -0.39 is 36.7 Å². The molecule has 0 amide bonds. The molecule has 5 unspecified atom stereocenters. The van der Waals surface area contributed by atoms with Gasteiger partial charge in [0.25, 0.3) is 0 Å². The summed E-state index contributed by atoms with van der Waals surface area (Å²) in [6.07, 6.45) is -8.56. The van der Waals surface area contributed by atoms with E-state index in [1.807, 2.05) is 0 Å². The zero-order valence-corrected chi connectivity index (χ0v) is 11.0. The van der Waals surface area contributed by atoms with Crippen LogP contribution in [0.4, 0.5) is 5.69 Å². The summed E-state index contributed by atoms with van der Waals surface area (Å²) < 4.78 is 10.1. The lowest BCUT2D eigenvalue weighted by molar-refractivity contribution is -0.271. The van der Waals surface area contributed by atoms with Crippen LogP contribution in [0.15, 0.2) is 24.3 Å². The summed E-state index contributed by atoms with van der Waals surface area (Å²) in [5.41, 5.74) is -0.0728. The van der Waals surface area contributed by atoms with Crippen molar-refractivity contribution < 1.29 is 39.9 Å². The summed E-state index contributed by atoms with van der Waals surface area (Å²) >= 11 is 0. The molecule has 0 aliphatic carbocycles. The standard InChI is InChI=1S/C12H14NO9/c14-7-8(15)10(11(17)18)22-12(9(7)16)21-6-3-1-5(2-4-6)13(19)20/h1-4,7-10,12,14-16,19H,(H,17,18)/q-1. The van der Waals surface area contributed by atoms with Gasteiger partial charge in [0.1, 0.15) is 24.1 Å². The van der Waals surface area contributed by atoms with Gasteiger partial charge in [0.05, 0.1) is 5.69 Å². The monoisotopic (exact) mass is 316 g/mol. The topological polar surface area (TPSA) is 163 Å². The maximum atomic E-state index is 10.9. The molecule has 1 aromatic carbocycles. The van der Waals surface area contributed by atoms with Crippen molar-refractivity contribution >= 4 is 11.7 Å². The number of aliphatic hydroxyl groups excluding tert-OH is 3. The van der Waals surface area contributed by atoms with E-state index in [0.29, 0.717) is 0 Å². The fourth-order valence-electron chi connectivity index (χ4n) is 1.94. The first-order valence-electron chi connectivity index (χ1n) is 6.16. The Labute approximate surface area is 123 Å². The smallest absolute Gasteiger partial charge is 0.335 e. The van der Waals surface area contributed by atoms with Gasteiger partial charge in [-0.25, -0.2) is 4.79 Å². The normalized spacial score (nSPS) is 31.6. The highest BCUT2D eigenvalue weighted by Gasteiger charge is 2.48. The average Bonchev–Trinajstić information content (AvgIpc) is 2.48. The number of carboxylic acids is 1. The molecular formula is C12H14NO9-. The number of aliphatic carboxylic acids is 1. The van der Waals surface area contributed by atoms with Crippen molar-refractivity contribution in [1.82, 2.24) is 0 Å². The summed E-state index contributed by atoms with van der Waals surface area (Å²) in [5, 5.41) is 56.8. The summed E-state index contributed by atoms with van der Waals surface area (Å²) in [4.78, 5) is 10.9. The molecule has 122 valence electrons. The van der Waals surface area contributed by atoms with Crippen LogP contribution in [0.2, 0.25) is 0 Å². The molecule has 1 heterocycles. The van der Waals surface area contributed by atoms with E-state index >= 15 is 0 Å². The number of hydrogen-bond acceptors (Lipinski definition) is 9. The number of carbonyl (C=O) groups is 1. The molecule has 1 aromatic rings. The molecular weight excluding hydrogens is 302 g/mol. The van der Waals surface area contributed by atoms with Crippen molar-refractivity contribution in [2.45, 2.75) is 30.7 Å². The van der Waals surface area contributed by atoms with Gasteiger partial charge in [-0.2, -0.15) is 0 Å². The lowest BCUT2D eigenvalue weighted by Crippen LogP contribution is -2.61. The first kappa shape index (κ1) is 16.4. The molecule has 22 heavy (non-hydrogen) atoms. The van der Waals surface area contributed by atoms with Gasteiger partial charge < -0.3 is 40.3 Å². The predicted molar refractivity (Wildman–Crippen MR) is 69.0 cm³/mol. The van der Waals surface area contributed by atoms with E-state index in [9.17, 15) is 25.3 Å². The third-order valence-electron chi connectivity index (χ3n) is 3.12. The highest BCUT2D eigenvalue weighted by Crippen LogP contribution is 2.25. The van der Waals surface area contributed by atoms with Crippen LogP contribution < -0.4 is 9.96 Å². The van der Waals surface area contributed by atoms with Crippen molar-refractivity contribution in [1.29, 1.82) is 0 Å². The Hall–Kier alpha value is -1.95. The molecule has 0 bridgehead atoms. The van der Waals surface area contributed by atoms with Crippen LogP contribution in [0.3, 0.4) is 0 Å². The van der Waals surface area contributed by atoms with Gasteiger partial charge in [-0.3, -0.25) is 5.21 Å². The summed E-state index contributed by atoms with van der Waals surface area (Å²) in [7, 11) is 0. The zero-order chi connectivity index (χ0) is 16.4. The molecule has 1 fully saturated rings. The molecule has 1 aliphatic heterocycles. The molecule has 0 spiro atoms. The van der Waals surface area contributed by atoms with Gasteiger partial charge in [0.2, 0.25) is 6.29 Å². The third-order valence-corrected chi connectivity index (χ3v) is 3.12. The first-order chi connectivity index (χ1) is 10.3. The fourth-order valence-corrected chi connectivity index (χ4v) is 1.94. The quantitative estimate of drug-likeness (QED) is 0.420. The number of aliphatic hydroxyl groups is 3. The minimum Gasteiger partial charge on any atom is -0.733 e. The number of rotatable bonds is 4. The Balaban J connectivity index is 2.11. The van der Waals surface area contributed by atoms with Crippen molar-refractivity contribution in [3.63, 3.8) is 0 Å². The van der Waals surface area contributed by atoms with Gasteiger partial charge in [0, 0.05) is 0 Å². The van der Waals surface area contributed by atoms with Gasteiger partial charge in [0.15, 0.2) is 6.10 Å². The lowest BCUT2D eigenvalue weighted by atomic mass is 9.99. The van der Waals surface area contributed by atoms with Gasteiger partial charge >= 0.3 is 5.97 Å². The van der Waals surface area contributed by atoms with Gasteiger partial charge in [-0.15, -0.1) is 0 Å². The lowest BCUT2D eigenvalue weighted by Gasteiger charge is -2.38. The molecule has 2 rings (SSSR count). The Kier molecular flexibility index (Phi) is 4.81. The highest BCUT2D eigenvalue weighted by atomic mass is 16.8. The molecule has 0 radical (unpaired) electrons. The Morgan fingerprint density at radius 2 is 1.73 bits per heavy atom. The largest absolute Gasteiger partial charge is 0.733 e. The van der Waals surface area contributed by atoms with Crippen LogP contribution in [0.5, 0.6) is 5.75 Å². The summed E-state index contributed by atoms with van der Waals surface area (Å²) in [6.45, 7) is 0. The maximum absolute atomic E-state index is 10.9. The van der Waals surface area contributed by atoms with Gasteiger partial charge in [-0.05, 0) is 24.3 Å². The second-order valence-electron chi connectivity index (χ2n) is 4.62. The SMILES string of the molecule is O=C(O)C1OC(Oc2ccc(N([O-])O)cc2)C(O)C(O)C1O. The Morgan fingerprint density at radius 3 is 2.23 bits per heavy atom. The van der Waals surface area contributed by atoms with E-state index in [-0.39, 0.29) is 16.7 Å². The summed E-state index contributed by atoms with van der Waals surface area (Å²) in [5.74, 6) is -1.44. The minimum atomic E-state index is -1.81. The Bertz CT molecular complexity index is 520. The second-order valence-corrected chi connectivity index (χ2v) is 4.62. The summed E-state index contributed by atoms with van der Waals surface area (Å²) in [6, 6.07) is 4.94. The number of carboxylic acid groups (broad SMARTS) is 1. The van der Waals surface area contributed by atoms with E-state index in [2.05, 4.69) is 0 Å². The molecule has 5 N–H and O–H groups in total. The molecule has 0 saturated carbocycles. The van der Waals surface area contributed by atoms with Crippen molar-refractivity contribution in [3.05, 3.63) is 29.5 Å². The van der Waals surface area contributed by atoms with Crippen LogP contribution in [0.25, 0.3) is 0 Å². The highest BCUT2D eigenvalue weighted by molar-refractivity contribution is 5.73. The molecule has 10 heteroatoms.